The zero-order valence-electron chi connectivity index (χ0n) is 14.7. The molecule has 0 spiro atoms. The second-order valence-electron chi connectivity index (χ2n) is 6.29. The molecule has 1 fully saturated rings. The van der Waals surface area contributed by atoms with Gasteiger partial charge in [0, 0.05) is 18.7 Å². The molecule has 3 rings (SSSR count). The molecule has 2 aromatic rings. The van der Waals surface area contributed by atoms with Crippen molar-refractivity contribution in [2.24, 2.45) is 0 Å². The Labute approximate surface area is 157 Å². The number of carbonyl (C=O) groups is 1. The number of phenols is 1. The Balaban J connectivity index is 1.83. The summed E-state index contributed by atoms with van der Waals surface area (Å²) in [6, 6.07) is 15.0. The molecule has 0 saturated carbocycles. The van der Waals surface area contributed by atoms with Crippen LogP contribution in [0.1, 0.15) is 17.5 Å². The number of hydrogen-bond donors (Lipinski definition) is 2. The number of amides is 1. The van der Waals surface area contributed by atoms with Gasteiger partial charge >= 0.3 is 0 Å². The number of aromatic hydroxyl groups is 1. The molecule has 1 aliphatic rings. The van der Waals surface area contributed by atoms with Crippen LogP contribution in [-0.4, -0.2) is 40.2 Å². The fraction of sp³-hybridized carbons (Fsp3) is 0.250. The monoisotopic (exact) mass is 361 g/mol. The van der Waals surface area contributed by atoms with Crippen molar-refractivity contribution < 1.29 is 9.90 Å². The molecule has 0 aromatic heterocycles. The third-order valence-corrected chi connectivity index (χ3v) is 4.43. The highest BCUT2D eigenvalue weighted by atomic mass is 16.3. The first kappa shape index (κ1) is 18.1. The van der Waals surface area contributed by atoms with E-state index in [-0.39, 0.29) is 11.7 Å². The number of nitriles is 2. The Morgan fingerprint density at radius 1 is 1.11 bits per heavy atom. The lowest BCUT2D eigenvalue weighted by atomic mass is 10.0. The highest BCUT2D eigenvalue weighted by molar-refractivity contribution is 5.85. The first-order valence-electron chi connectivity index (χ1n) is 8.64. The summed E-state index contributed by atoms with van der Waals surface area (Å²) in [6.07, 6.45) is 3.19. The van der Waals surface area contributed by atoms with Gasteiger partial charge in [0.25, 0.3) is 5.91 Å². The standard InChI is InChI=1S/C20H19N5O2/c21-13-16-2-6-17(7-3-16)23-19(12-15-4-8-18(26)9-5-15)20(27)25-11-1-10-24(25)14-22/h2-9,19,23,26H,1,10-12H2. The molecule has 7 nitrogen and oxygen atoms in total. The lowest BCUT2D eigenvalue weighted by molar-refractivity contribution is -0.140. The predicted molar refractivity (Wildman–Crippen MR) is 99.0 cm³/mol. The Morgan fingerprint density at radius 3 is 2.44 bits per heavy atom. The highest BCUT2D eigenvalue weighted by Gasteiger charge is 2.31. The molecule has 1 aliphatic heterocycles. The minimum atomic E-state index is -0.587. The smallest absolute Gasteiger partial charge is 0.264 e. The van der Waals surface area contributed by atoms with Gasteiger partial charge in [-0.25, -0.2) is 10.0 Å². The number of nitrogens with zero attached hydrogens (tertiary/aromatic N) is 4. The average molecular weight is 361 g/mol. The Bertz CT molecular complexity index is 881. The van der Waals surface area contributed by atoms with E-state index >= 15 is 0 Å². The van der Waals surface area contributed by atoms with Crippen LogP contribution in [-0.2, 0) is 11.2 Å². The molecule has 136 valence electrons. The van der Waals surface area contributed by atoms with Crippen LogP contribution in [0.15, 0.2) is 48.5 Å². The Morgan fingerprint density at radius 2 is 1.81 bits per heavy atom. The molecular weight excluding hydrogens is 342 g/mol. The molecule has 27 heavy (non-hydrogen) atoms. The number of hydrogen-bond acceptors (Lipinski definition) is 6. The van der Waals surface area contributed by atoms with Crippen LogP contribution in [0.4, 0.5) is 5.69 Å². The predicted octanol–water partition coefficient (Wildman–Crippen LogP) is 2.22. The minimum absolute atomic E-state index is 0.164. The zero-order valence-corrected chi connectivity index (χ0v) is 14.7. The van der Waals surface area contributed by atoms with Crippen molar-refractivity contribution in [2.75, 3.05) is 18.4 Å². The van der Waals surface area contributed by atoms with Gasteiger partial charge in [0.1, 0.15) is 11.8 Å². The van der Waals surface area contributed by atoms with Crippen molar-refractivity contribution in [2.45, 2.75) is 18.9 Å². The normalized spacial score (nSPS) is 14.3. The van der Waals surface area contributed by atoms with E-state index in [4.69, 9.17) is 5.26 Å². The quantitative estimate of drug-likeness (QED) is 0.792. The molecule has 0 radical (unpaired) electrons. The third-order valence-electron chi connectivity index (χ3n) is 4.43. The van der Waals surface area contributed by atoms with E-state index in [1.807, 2.05) is 6.19 Å². The van der Waals surface area contributed by atoms with Crippen LogP contribution in [0, 0.1) is 22.8 Å². The number of nitrogens with one attached hydrogen (secondary N) is 1. The van der Waals surface area contributed by atoms with Crippen LogP contribution in [0.3, 0.4) is 0 Å². The molecule has 1 heterocycles. The van der Waals surface area contributed by atoms with Crippen molar-refractivity contribution >= 4 is 11.6 Å². The molecule has 0 bridgehead atoms. The summed E-state index contributed by atoms with van der Waals surface area (Å²) in [6.45, 7) is 1.04. The number of hydrazine groups is 1. The maximum absolute atomic E-state index is 13.1. The summed E-state index contributed by atoms with van der Waals surface area (Å²) in [5.41, 5.74) is 2.14. The molecule has 0 aliphatic carbocycles. The summed E-state index contributed by atoms with van der Waals surface area (Å²) in [7, 11) is 0. The van der Waals surface area contributed by atoms with E-state index in [2.05, 4.69) is 11.4 Å². The van der Waals surface area contributed by atoms with Gasteiger partial charge in [-0.3, -0.25) is 4.79 Å². The molecule has 1 atom stereocenters. The van der Waals surface area contributed by atoms with Gasteiger partial charge in [0.15, 0.2) is 6.19 Å². The maximum Gasteiger partial charge on any atom is 0.264 e. The van der Waals surface area contributed by atoms with Gasteiger partial charge in [-0.05, 0) is 48.4 Å². The number of anilines is 1. The van der Waals surface area contributed by atoms with Crippen molar-refractivity contribution in [3.63, 3.8) is 0 Å². The van der Waals surface area contributed by atoms with Crippen LogP contribution in [0.5, 0.6) is 5.75 Å². The van der Waals surface area contributed by atoms with Crippen LogP contribution in [0.25, 0.3) is 0 Å². The summed E-state index contributed by atoms with van der Waals surface area (Å²) in [4.78, 5) is 13.1. The highest BCUT2D eigenvalue weighted by Crippen LogP contribution is 2.19. The molecule has 1 saturated heterocycles. The van der Waals surface area contributed by atoms with Gasteiger partial charge in [-0.15, -0.1) is 0 Å². The first-order valence-corrected chi connectivity index (χ1v) is 8.64. The van der Waals surface area contributed by atoms with Gasteiger partial charge in [-0.1, -0.05) is 12.1 Å². The largest absolute Gasteiger partial charge is 0.508 e. The second kappa shape index (κ2) is 8.11. The summed E-state index contributed by atoms with van der Waals surface area (Å²) >= 11 is 0. The van der Waals surface area contributed by atoms with E-state index in [1.54, 1.807) is 48.5 Å². The topological polar surface area (TPSA) is 103 Å². The fourth-order valence-corrected chi connectivity index (χ4v) is 3.03. The second-order valence-corrected chi connectivity index (χ2v) is 6.29. The van der Waals surface area contributed by atoms with Crippen molar-refractivity contribution in [3.05, 3.63) is 59.7 Å². The number of benzene rings is 2. The van der Waals surface area contributed by atoms with Gasteiger partial charge in [-0.2, -0.15) is 10.5 Å². The maximum atomic E-state index is 13.1. The lowest BCUT2D eigenvalue weighted by Crippen LogP contribution is -2.47. The van der Waals surface area contributed by atoms with Crippen LogP contribution in [0.2, 0.25) is 0 Å². The van der Waals surface area contributed by atoms with Crippen molar-refractivity contribution in [1.29, 1.82) is 10.5 Å². The fourth-order valence-electron chi connectivity index (χ4n) is 3.03. The average Bonchev–Trinajstić information content (AvgIpc) is 3.18. The van der Waals surface area contributed by atoms with E-state index in [0.717, 1.165) is 12.0 Å². The summed E-state index contributed by atoms with van der Waals surface area (Å²) in [5, 5.41) is 33.7. The number of phenolic OH excluding ortho intramolecular Hbond substituents is 1. The molecule has 7 heteroatoms. The van der Waals surface area contributed by atoms with E-state index in [0.29, 0.717) is 30.8 Å². The van der Waals surface area contributed by atoms with Gasteiger partial charge in [0.05, 0.1) is 18.2 Å². The lowest BCUT2D eigenvalue weighted by Gasteiger charge is -2.28. The Hall–Kier alpha value is -3.71. The molecule has 1 unspecified atom stereocenters. The number of rotatable bonds is 5. The van der Waals surface area contributed by atoms with Crippen molar-refractivity contribution in [1.82, 2.24) is 10.0 Å². The SMILES string of the molecule is N#Cc1ccc(NC(Cc2ccc(O)cc2)C(=O)N2CCCN2C#N)cc1. The Kier molecular flexibility index (Phi) is 5.44. The number of carbonyl (C=O) groups excluding carboxylic acids is 1. The third kappa shape index (κ3) is 4.28. The van der Waals surface area contributed by atoms with Crippen molar-refractivity contribution in [3.8, 4) is 18.0 Å². The van der Waals surface area contributed by atoms with Gasteiger partial charge in [0.2, 0.25) is 0 Å². The van der Waals surface area contributed by atoms with Gasteiger partial charge < -0.3 is 10.4 Å². The van der Waals surface area contributed by atoms with E-state index < -0.39 is 6.04 Å². The van der Waals surface area contributed by atoms with E-state index in [1.165, 1.54) is 10.0 Å². The zero-order chi connectivity index (χ0) is 19.2. The van der Waals surface area contributed by atoms with E-state index in [9.17, 15) is 15.2 Å². The molecule has 1 amide bonds. The summed E-state index contributed by atoms with van der Waals surface area (Å²) < 4.78 is 0. The molecule has 2 N–H and O–H groups in total. The summed E-state index contributed by atoms with van der Waals surface area (Å²) in [5.74, 6) is -0.0247. The van der Waals surface area contributed by atoms with Crippen LogP contribution < -0.4 is 5.32 Å². The minimum Gasteiger partial charge on any atom is -0.508 e. The first-order chi connectivity index (χ1) is 13.1. The van der Waals surface area contributed by atoms with Crippen LogP contribution >= 0.6 is 0 Å². The molecule has 2 aromatic carbocycles. The molecular formula is C20H19N5O2.